The summed E-state index contributed by atoms with van der Waals surface area (Å²) >= 11 is 0. The van der Waals surface area contributed by atoms with Crippen molar-refractivity contribution in [3.05, 3.63) is 60.3 Å². The number of hydrogen-bond donors (Lipinski definition) is 2. The largest absolute Gasteiger partial charge is 0.497 e. The predicted octanol–water partition coefficient (Wildman–Crippen LogP) is 4.20. The normalized spacial score (nSPS) is 14.5. The van der Waals surface area contributed by atoms with Crippen molar-refractivity contribution >= 4 is 46.5 Å². The van der Waals surface area contributed by atoms with E-state index in [-0.39, 0.29) is 24.0 Å². The van der Waals surface area contributed by atoms with E-state index in [2.05, 4.69) is 61.9 Å². The highest BCUT2D eigenvalue weighted by Gasteiger charge is 2.21. The molecule has 2 N–H and O–H groups in total. The molecule has 1 aromatic heterocycles. The van der Waals surface area contributed by atoms with Crippen LogP contribution in [0.2, 0.25) is 0 Å². The van der Waals surface area contributed by atoms with Gasteiger partial charge in [-0.05, 0) is 24.5 Å². The number of fused-ring (bicyclic) bond motifs is 1. The first kappa shape index (κ1) is 24.9. The molecular weight excluding hydrogens is 529 g/mol. The van der Waals surface area contributed by atoms with Gasteiger partial charge < -0.3 is 25.0 Å². The summed E-state index contributed by atoms with van der Waals surface area (Å²) in [6, 6.07) is 16.7. The van der Waals surface area contributed by atoms with E-state index < -0.39 is 0 Å². The number of anilines is 1. The minimum absolute atomic E-state index is 0. The Kier molecular flexibility index (Phi) is 8.99. The third-order valence-electron chi connectivity index (χ3n) is 5.92. The fourth-order valence-corrected chi connectivity index (χ4v) is 4.13. The van der Waals surface area contributed by atoms with Crippen LogP contribution < -0.4 is 25.0 Å². The van der Waals surface area contributed by atoms with Gasteiger partial charge in [0.2, 0.25) is 0 Å². The molecule has 176 valence electrons. The fourth-order valence-electron chi connectivity index (χ4n) is 4.13. The van der Waals surface area contributed by atoms with Gasteiger partial charge >= 0.3 is 0 Å². The van der Waals surface area contributed by atoms with Crippen molar-refractivity contribution in [1.29, 1.82) is 0 Å². The molecule has 0 atom stereocenters. The van der Waals surface area contributed by atoms with Crippen molar-refractivity contribution in [2.24, 2.45) is 4.99 Å². The quantitative estimate of drug-likeness (QED) is 0.267. The van der Waals surface area contributed by atoms with E-state index in [4.69, 9.17) is 9.47 Å². The van der Waals surface area contributed by atoms with Crippen molar-refractivity contribution in [3.63, 3.8) is 0 Å². The van der Waals surface area contributed by atoms with Crippen LogP contribution in [0.15, 0.2) is 59.7 Å². The SMILES string of the molecule is CN=C(NCc1cccc2cccnc12)NC1CCN(c2cc(OC)cc(OC)c2)CC1.I. The Morgan fingerprint density at radius 2 is 1.76 bits per heavy atom. The molecule has 0 unspecified atom stereocenters. The first-order valence-corrected chi connectivity index (χ1v) is 11.0. The number of benzene rings is 2. The van der Waals surface area contributed by atoms with Gasteiger partial charge in [-0.2, -0.15) is 0 Å². The molecule has 1 aliphatic heterocycles. The number of piperidine rings is 1. The van der Waals surface area contributed by atoms with Gasteiger partial charge in [0.05, 0.1) is 19.7 Å². The lowest BCUT2D eigenvalue weighted by Gasteiger charge is -2.34. The summed E-state index contributed by atoms with van der Waals surface area (Å²) in [7, 11) is 5.18. The number of para-hydroxylation sites is 1. The number of nitrogens with one attached hydrogen (secondary N) is 2. The minimum atomic E-state index is 0. The van der Waals surface area contributed by atoms with E-state index in [1.54, 1.807) is 14.2 Å². The maximum absolute atomic E-state index is 5.42. The molecule has 0 saturated carbocycles. The van der Waals surface area contributed by atoms with Gasteiger partial charge in [-0.1, -0.05) is 24.3 Å². The van der Waals surface area contributed by atoms with Crippen molar-refractivity contribution in [1.82, 2.24) is 15.6 Å². The first-order valence-electron chi connectivity index (χ1n) is 11.0. The van der Waals surface area contributed by atoms with Gasteiger partial charge in [0.25, 0.3) is 0 Å². The second-order valence-corrected chi connectivity index (χ2v) is 7.89. The van der Waals surface area contributed by atoms with Crippen molar-refractivity contribution in [2.75, 3.05) is 39.3 Å². The standard InChI is InChI=1S/C25H31N5O2.HI/c1-26-25(28-17-19-7-4-6-18-8-5-11-27-24(18)19)29-20-9-12-30(13-10-20)21-14-22(31-2)16-23(15-21)32-3;/h4-8,11,14-16,20H,9-10,12-13,17H2,1-3H3,(H2,26,28,29);1H. The second-order valence-electron chi connectivity index (χ2n) is 7.89. The highest BCUT2D eigenvalue weighted by Crippen LogP contribution is 2.30. The summed E-state index contributed by atoms with van der Waals surface area (Å²) in [4.78, 5) is 11.3. The molecule has 7 nitrogen and oxygen atoms in total. The molecule has 0 radical (unpaired) electrons. The van der Waals surface area contributed by atoms with E-state index >= 15 is 0 Å². The van der Waals surface area contributed by atoms with Crippen LogP contribution in [0.3, 0.4) is 0 Å². The molecule has 8 heteroatoms. The smallest absolute Gasteiger partial charge is 0.191 e. The molecule has 4 rings (SSSR count). The van der Waals surface area contributed by atoms with Crippen LogP contribution in [0.25, 0.3) is 10.9 Å². The maximum Gasteiger partial charge on any atom is 0.191 e. The minimum Gasteiger partial charge on any atom is -0.497 e. The Hall–Kier alpha value is -2.75. The predicted molar refractivity (Wildman–Crippen MR) is 145 cm³/mol. The summed E-state index contributed by atoms with van der Waals surface area (Å²) in [5.41, 5.74) is 3.32. The molecule has 2 aromatic carbocycles. The Labute approximate surface area is 212 Å². The van der Waals surface area contributed by atoms with Crippen LogP contribution in [-0.4, -0.2) is 51.3 Å². The number of hydrogen-bond acceptors (Lipinski definition) is 5. The number of rotatable bonds is 6. The molecule has 0 spiro atoms. The summed E-state index contributed by atoms with van der Waals surface area (Å²) in [6.07, 6.45) is 3.89. The third kappa shape index (κ3) is 6.19. The molecule has 1 fully saturated rings. The van der Waals surface area contributed by atoms with Crippen LogP contribution in [0.4, 0.5) is 5.69 Å². The topological polar surface area (TPSA) is 71.0 Å². The number of aliphatic imine (C=N–C) groups is 1. The second kappa shape index (κ2) is 11.9. The Bertz CT molecular complexity index is 1060. The average Bonchev–Trinajstić information content (AvgIpc) is 2.86. The van der Waals surface area contributed by atoms with Gasteiger partial charge in [-0.15, -0.1) is 24.0 Å². The molecule has 0 bridgehead atoms. The number of methoxy groups -OCH3 is 2. The van der Waals surface area contributed by atoms with Crippen molar-refractivity contribution in [3.8, 4) is 11.5 Å². The van der Waals surface area contributed by atoms with E-state index in [9.17, 15) is 0 Å². The molecule has 3 aromatic rings. The maximum atomic E-state index is 5.42. The number of nitrogens with zero attached hydrogens (tertiary/aromatic N) is 3. The third-order valence-corrected chi connectivity index (χ3v) is 5.92. The van der Waals surface area contributed by atoms with E-state index in [1.807, 2.05) is 25.4 Å². The summed E-state index contributed by atoms with van der Waals surface area (Å²) < 4.78 is 10.8. The van der Waals surface area contributed by atoms with Gasteiger partial charge in [0.1, 0.15) is 11.5 Å². The van der Waals surface area contributed by atoms with E-state index in [1.165, 1.54) is 0 Å². The summed E-state index contributed by atoms with van der Waals surface area (Å²) in [5, 5.41) is 8.18. The van der Waals surface area contributed by atoms with Gasteiger partial charge in [0, 0.05) is 68.2 Å². The zero-order valence-corrected chi connectivity index (χ0v) is 21.7. The molecule has 0 aliphatic carbocycles. The fraction of sp³-hybridized carbons (Fsp3) is 0.360. The zero-order chi connectivity index (χ0) is 22.3. The van der Waals surface area contributed by atoms with Crippen molar-refractivity contribution in [2.45, 2.75) is 25.4 Å². The molecule has 2 heterocycles. The lowest BCUT2D eigenvalue weighted by Crippen LogP contribution is -2.48. The molecule has 33 heavy (non-hydrogen) atoms. The molecule has 0 amide bonds. The van der Waals surface area contributed by atoms with Crippen molar-refractivity contribution < 1.29 is 9.47 Å². The summed E-state index contributed by atoms with van der Waals surface area (Å²) in [5.74, 6) is 2.44. The average molecular weight is 561 g/mol. The monoisotopic (exact) mass is 561 g/mol. The van der Waals surface area contributed by atoms with Crippen LogP contribution in [0.5, 0.6) is 11.5 Å². The van der Waals surface area contributed by atoms with E-state index in [0.29, 0.717) is 12.6 Å². The lowest BCUT2D eigenvalue weighted by atomic mass is 10.0. The Balaban J connectivity index is 0.00000306. The first-order chi connectivity index (χ1) is 15.7. The van der Waals surface area contributed by atoms with Crippen LogP contribution in [0, 0.1) is 0 Å². The molecule has 1 aliphatic rings. The zero-order valence-electron chi connectivity index (χ0n) is 19.4. The number of guanidine groups is 1. The number of pyridine rings is 1. The highest BCUT2D eigenvalue weighted by atomic mass is 127. The van der Waals surface area contributed by atoms with E-state index in [0.717, 1.165) is 65.5 Å². The Morgan fingerprint density at radius 1 is 1.06 bits per heavy atom. The van der Waals surface area contributed by atoms with Gasteiger partial charge in [-0.25, -0.2) is 0 Å². The van der Waals surface area contributed by atoms with Gasteiger partial charge in [-0.3, -0.25) is 9.98 Å². The van der Waals surface area contributed by atoms with Gasteiger partial charge in [0.15, 0.2) is 5.96 Å². The number of ether oxygens (including phenoxy) is 2. The lowest BCUT2D eigenvalue weighted by molar-refractivity contribution is 0.393. The molecular formula is C25H32IN5O2. The number of aromatic nitrogens is 1. The van der Waals surface area contributed by atoms with Crippen LogP contribution in [0.1, 0.15) is 18.4 Å². The molecule has 1 saturated heterocycles. The summed E-state index contributed by atoms with van der Waals surface area (Å²) in [6.45, 7) is 2.59. The van der Waals surface area contributed by atoms with Crippen LogP contribution >= 0.6 is 24.0 Å². The highest BCUT2D eigenvalue weighted by molar-refractivity contribution is 14.0. The number of halogens is 1. The van der Waals surface area contributed by atoms with Crippen LogP contribution in [-0.2, 0) is 6.54 Å². The Morgan fingerprint density at radius 3 is 2.42 bits per heavy atom.